The number of nitrogens with zero attached hydrogens (tertiary/aromatic N) is 4. The topological polar surface area (TPSA) is 52.8 Å². The maximum absolute atomic E-state index is 13.0. The molecule has 0 N–H and O–H groups in total. The average Bonchev–Trinajstić information content (AvgIpc) is 2.60. The van der Waals surface area contributed by atoms with Crippen molar-refractivity contribution in [2.45, 2.75) is 6.61 Å². The second-order valence-corrected chi connectivity index (χ2v) is 4.00. The van der Waals surface area contributed by atoms with Crippen LogP contribution in [0.3, 0.4) is 0 Å². The summed E-state index contributed by atoms with van der Waals surface area (Å²) < 4.78 is 18.9. The van der Waals surface area contributed by atoms with Gasteiger partial charge in [-0.25, -0.2) is 4.39 Å². The summed E-state index contributed by atoms with van der Waals surface area (Å²) >= 11 is 3.18. The predicted octanol–water partition coefficient (Wildman–Crippen LogP) is 1.69. The molecule has 5 nitrogen and oxygen atoms in total. The highest BCUT2D eigenvalue weighted by molar-refractivity contribution is 9.10. The molecule has 2 aromatic rings. The molecule has 0 atom stereocenters. The molecule has 1 aromatic heterocycles. The van der Waals surface area contributed by atoms with Crippen molar-refractivity contribution < 1.29 is 9.13 Å². The fraction of sp³-hybridized carbons (Fsp3) is 0.222. The Labute approximate surface area is 99.3 Å². The van der Waals surface area contributed by atoms with E-state index in [0.717, 1.165) is 0 Å². The first-order chi connectivity index (χ1) is 7.63. The van der Waals surface area contributed by atoms with Crippen molar-refractivity contribution in [3.8, 4) is 5.75 Å². The summed E-state index contributed by atoms with van der Waals surface area (Å²) in [4.78, 5) is 1.33. The molecule has 0 bridgehead atoms. The summed E-state index contributed by atoms with van der Waals surface area (Å²) in [7, 11) is 1.66. The molecule has 0 saturated heterocycles. The molecule has 7 heteroatoms. The summed E-state index contributed by atoms with van der Waals surface area (Å²) in [5, 5.41) is 11.3. The number of rotatable bonds is 3. The largest absolute Gasteiger partial charge is 0.485 e. The molecule has 1 aromatic carbocycles. The van der Waals surface area contributed by atoms with E-state index in [4.69, 9.17) is 4.74 Å². The third kappa shape index (κ3) is 2.75. The summed E-state index contributed by atoms with van der Waals surface area (Å²) in [6, 6.07) is 4.31. The van der Waals surface area contributed by atoms with E-state index in [1.54, 1.807) is 13.1 Å². The van der Waals surface area contributed by atoms with Gasteiger partial charge in [-0.05, 0) is 17.3 Å². The van der Waals surface area contributed by atoms with E-state index in [9.17, 15) is 4.39 Å². The smallest absolute Gasteiger partial charge is 0.212 e. The van der Waals surface area contributed by atoms with Crippen LogP contribution in [-0.4, -0.2) is 20.2 Å². The molecule has 0 spiro atoms. The van der Waals surface area contributed by atoms with Gasteiger partial charge in [0.15, 0.2) is 6.61 Å². The number of benzene rings is 1. The van der Waals surface area contributed by atoms with Gasteiger partial charge in [-0.1, -0.05) is 15.9 Å². The van der Waals surface area contributed by atoms with Gasteiger partial charge in [-0.3, -0.25) is 0 Å². The number of hydrogen-bond acceptors (Lipinski definition) is 4. The number of aryl methyl sites for hydroxylation is 1. The molecule has 1 heterocycles. The molecule has 2 rings (SSSR count). The molecular weight excluding hydrogens is 279 g/mol. The predicted molar refractivity (Wildman–Crippen MR) is 57.2 cm³/mol. The number of hydrogen-bond donors (Lipinski definition) is 0. The van der Waals surface area contributed by atoms with E-state index in [-0.39, 0.29) is 12.4 Å². The lowest BCUT2D eigenvalue weighted by atomic mass is 10.3. The van der Waals surface area contributed by atoms with E-state index in [0.29, 0.717) is 16.0 Å². The Hall–Kier alpha value is -1.50. The molecule has 0 amide bonds. The van der Waals surface area contributed by atoms with Crippen molar-refractivity contribution in [3.05, 3.63) is 34.3 Å². The third-order valence-electron chi connectivity index (χ3n) is 1.75. The lowest BCUT2D eigenvalue weighted by Crippen LogP contribution is -1.99. The van der Waals surface area contributed by atoms with Gasteiger partial charge in [0.2, 0.25) is 5.82 Å². The SMILES string of the molecule is Cn1nnc(COc2cc(F)cc(Br)c2)n1. The van der Waals surface area contributed by atoms with Crippen LogP contribution >= 0.6 is 15.9 Å². The van der Waals surface area contributed by atoms with Crippen molar-refractivity contribution in [3.63, 3.8) is 0 Å². The van der Waals surface area contributed by atoms with E-state index in [1.165, 1.54) is 16.9 Å². The monoisotopic (exact) mass is 286 g/mol. The summed E-state index contributed by atoms with van der Waals surface area (Å²) in [5.41, 5.74) is 0. The van der Waals surface area contributed by atoms with Crippen LogP contribution < -0.4 is 4.74 Å². The first-order valence-electron chi connectivity index (χ1n) is 4.45. The normalized spacial score (nSPS) is 10.4. The number of tetrazole rings is 1. The van der Waals surface area contributed by atoms with E-state index in [2.05, 4.69) is 31.3 Å². The van der Waals surface area contributed by atoms with Gasteiger partial charge in [0.25, 0.3) is 0 Å². The van der Waals surface area contributed by atoms with Crippen LogP contribution in [0.2, 0.25) is 0 Å². The third-order valence-corrected chi connectivity index (χ3v) is 2.21. The second-order valence-electron chi connectivity index (χ2n) is 3.09. The van der Waals surface area contributed by atoms with E-state index in [1.807, 2.05) is 0 Å². The molecule has 0 aliphatic carbocycles. The van der Waals surface area contributed by atoms with Crippen LogP contribution in [0, 0.1) is 5.82 Å². The molecule has 0 saturated carbocycles. The van der Waals surface area contributed by atoms with E-state index < -0.39 is 0 Å². The van der Waals surface area contributed by atoms with Crippen LogP contribution in [0.1, 0.15) is 5.82 Å². The average molecular weight is 287 g/mol. The van der Waals surface area contributed by atoms with Crippen molar-refractivity contribution in [1.29, 1.82) is 0 Å². The summed E-state index contributed by atoms with van der Waals surface area (Å²) in [6.07, 6.45) is 0. The Morgan fingerprint density at radius 1 is 1.44 bits per heavy atom. The molecule has 0 fully saturated rings. The van der Waals surface area contributed by atoms with Crippen LogP contribution in [0.4, 0.5) is 4.39 Å². The minimum Gasteiger partial charge on any atom is -0.485 e. The van der Waals surface area contributed by atoms with Crippen molar-refractivity contribution in [1.82, 2.24) is 20.2 Å². The highest BCUT2D eigenvalue weighted by Crippen LogP contribution is 2.20. The molecule has 0 aliphatic heterocycles. The maximum Gasteiger partial charge on any atom is 0.212 e. The van der Waals surface area contributed by atoms with Gasteiger partial charge >= 0.3 is 0 Å². The van der Waals surface area contributed by atoms with Crippen LogP contribution in [0.5, 0.6) is 5.75 Å². The first kappa shape index (κ1) is 11.0. The fourth-order valence-electron chi connectivity index (χ4n) is 1.14. The standard InChI is InChI=1S/C9H8BrFN4O/c1-15-13-9(12-14-15)5-16-8-3-6(10)2-7(11)4-8/h2-4H,5H2,1H3. The zero-order chi connectivity index (χ0) is 11.5. The lowest BCUT2D eigenvalue weighted by molar-refractivity contribution is 0.293. The maximum atomic E-state index is 13.0. The van der Waals surface area contributed by atoms with Gasteiger partial charge in [-0.15, -0.1) is 10.2 Å². The first-order valence-corrected chi connectivity index (χ1v) is 5.24. The highest BCUT2D eigenvalue weighted by atomic mass is 79.9. The zero-order valence-electron chi connectivity index (χ0n) is 8.39. The van der Waals surface area contributed by atoms with Gasteiger partial charge in [-0.2, -0.15) is 4.80 Å². The Balaban J connectivity index is 2.04. The van der Waals surface area contributed by atoms with Gasteiger partial charge in [0.05, 0.1) is 7.05 Å². The number of aromatic nitrogens is 4. The number of halogens is 2. The van der Waals surface area contributed by atoms with Crippen LogP contribution in [-0.2, 0) is 13.7 Å². The van der Waals surface area contributed by atoms with Gasteiger partial charge < -0.3 is 4.74 Å². The molecule has 0 unspecified atom stereocenters. The lowest BCUT2D eigenvalue weighted by Gasteiger charge is -2.03. The van der Waals surface area contributed by atoms with Crippen molar-refractivity contribution in [2.24, 2.45) is 7.05 Å². The minimum atomic E-state index is -0.364. The second kappa shape index (κ2) is 4.56. The molecule has 0 aliphatic rings. The molecule has 84 valence electrons. The Kier molecular flexibility index (Phi) is 3.14. The summed E-state index contributed by atoms with van der Waals surface area (Å²) in [6.45, 7) is 0.156. The summed E-state index contributed by atoms with van der Waals surface area (Å²) in [5.74, 6) is 0.499. The quantitative estimate of drug-likeness (QED) is 0.862. The fourth-order valence-corrected chi connectivity index (χ4v) is 1.59. The van der Waals surface area contributed by atoms with E-state index >= 15 is 0 Å². The minimum absolute atomic E-state index is 0.156. The van der Waals surface area contributed by atoms with Crippen molar-refractivity contribution >= 4 is 15.9 Å². The molecular formula is C9H8BrFN4O. The Morgan fingerprint density at radius 2 is 2.25 bits per heavy atom. The van der Waals surface area contributed by atoms with Crippen molar-refractivity contribution in [2.75, 3.05) is 0 Å². The zero-order valence-corrected chi connectivity index (χ0v) is 9.98. The Morgan fingerprint density at radius 3 is 2.88 bits per heavy atom. The van der Waals surface area contributed by atoms with Crippen LogP contribution in [0.25, 0.3) is 0 Å². The van der Waals surface area contributed by atoms with Crippen LogP contribution in [0.15, 0.2) is 22.7 Å². The van der Waals surface area contributed by atoms with Gasteiger partial charge in [0, 0.05) is 10.5 Å². The van der Waals surface area contributed by atoms with Gasteiger partial charge in [0.1, 0.15) is 11.6 Å². The number of ether oxygens (including phenoxy) is 1. The molecule has 0 radical (unpaired) electrons. The molecule has 16 heavy (non-hydrogen) atoms. The highest BCUT2D eigenvalue weighted by Gasteiger charge is 2.03. The Bertz CT molecular complexity index is 482.